The molecule has 3 rings (SSSR count). The second-order valence-electron chi connectivity index (χ2n) is 4.33. The Kier molecular flexibility index (Phi) is 4.08. The van der Waals surface area contributed by atoms with E-state index in [-0.39, 0.29) is 0 Å². The van der Waals surface area contributed by atoms with Gasteiger partial charge in [0.2, 0.25) is 0 Å². The molecule has 0 aliphatic heterocycles. The normalized spacial score (nSPS) is 11.0. The highest BCUT2D eigenvalue weighted by molar-refractivity contribution is 7.11. The van der Waals surface area contributed by atoms with E-state index in [4.69, 9.17) is 0 Å². The van der Waals surface area contributed by atoms with E-state index in [0.717, 1.165) is 6.54 Å². The summed E-state index contributed by atoms with van der Waals surface area (Å²) in [5, 5.41) is 7.94. The molecule has 2 heterocycles. The molecule has 0 saturated carbocycles. The first-order chi connectivity index (χ1) is 9.43. The van der Waals surface area contributed by atoms with Gasteiger partial charge >= 0.3 is 0 Å². The maximum atomic E-state index is 3.66. The van der Waals surface area contributed by atoms with E-state index in [1.54, 1.807) is 0 Å². The Morgan fingerprint density at radius 2 is 1.42 bits per heavy atom. The SMILES string of the molecule is c1ccc(CNC(c2cccs2)c2cccs2)cc1. The summed E-state index contributed by atoms with van der Waals surface area (Å²) in [6, 6.07) is 19.5. The van der Waals surface area contributed by atoms with Crippen LogP contribution in [-0.4, -0.2) is 0 Å². The summed E-state index contributed by atoms with van der Waals surface area (Å²) in [5.41, 5.74) is 1.32. The van der Waals surface area contributed by atoms with Crippen LogP contribution in [0, 0.1) is 0 Å². The highest BCUT2D eigenvalue weighted by Gasteiger charge is 2.15. The van der Waals surface area contributed by atoms with Crippen LogP contribution in [0.2, 0.25) is 0 Å². The Morgan fingerprint density at radius 3 is 1.95 bits per heavy atom. The van der Waals surface area contributed by atoms with Gasteiger partial charge in [-0.05, 0) is 28.5 Å². The zero-order valence-corrected chi connectivity index (χ0v) is 12.1. The number of benzene rings is 1. The number of nitrogens with one attached hydrogen (secondary N) is 1. The monoisotopic (exact) mass is 285 g/mol. The van der Waals surface area contributed by atoms with Crippen LogP contribution < -0.4 is 5.32 Å². The van der Waals surface area contributed by atoms with Crippen LogP contribution in [0.25, 0.3) is 0 Å². The second kappa shape index (κ2) is 6.15. The molecule has 0 aliphatic rings. The summed E-state index contributed by atoms with van der Waals surface area (Å²) in [4.78, 5) is 2.75. The van der Waals surface area contributed by atoms with Crippen molar-refractivity contribution in [2.75, 3.05) is 0 Å². The predicted molar refractivity (Wildman–Crippen MR) is 83.8 cm³/mol. The standard InChI is InChI=1S/C16H15NS2/c1-2-6-13(7-3-1)12-17-16(14-8-4-10-18-14)15-9-5-11-19-15/h1-11,16-17H,12H2. The van der Waals surface area contributed by atoms with Crippen molar-refractivity contribution in [2.24, 2.45) is 0 Å². The summed E-state index contributed by atoms with van der Waals surface area (Å²) in [6.07, 6.45) is 0. The highest BCUT2D eigenvalue weighted by Crippen LogP contribution is 2.29. The maximum Gasteiger partial charge on any atom is 0.0767 e. The third kappa shape index (κ3) is 3.13. The Morgan fingerprint density at radius 1 is 0.789 bits per heavy atom. The number of hydrogen-bond donors (Lipinski definition) is 1. The topological polar surface area (TPSA) is 12.0 Å². The maximum absolute atomic E-state index is 3.66. The minimum absolute atomic E-state index is 0.306. The van der Waals surface area contributed by atoms with Crippen molar-refractivity contribution in [3.05, 3.63) is 80.7 Å². The lowest BCUT2D eigenvalue weighted by Crippen LogP contribution is -2.20. The lowest BCUT2D eigenvalue weighted by molar-refractivity contribution is 0.621. The number of hydrogen-bond acceptors (Lipinski definition) is 3. The lowest BCUT2D eigenvalue weighted by atomic mass is 10.1. The minimum Gasteiger partial charge on any atom is -0.301 e. The van der Waals surface area contributed by atoms with Gasteiger partial charge in [-0.3, -0.25) is 0 Å². The van der Waals surface area contributed by atoms with Crippen molar-refractivity contribution in [3.8, 4) is 0 Å². The first-order valence-corrected chi connectivity index (χ1v) is 8.03. The molecule has 0 saturated heterocycles. The fourth-order valence-electron chi connectivity index (χ4n) is 2.07. The third-order valence-corrected chi connectivity index (χ3v) is 4.88. The molecular weight excluding hydrogens is 270 g/mol. The van der Waals surface area contributed by atoms with E-state index < -0.39 is 0 Å². The second-order valence-corrected chi connectivity index (χ2v) is 6.29. The minimum atomic E-state index is 0.306. The van der Waals surface area contributed by atoms with Crippen molar-refractivity contribution in [3.63, 3.8) is 0 Å². The van der Waals surface area contributed by atoms with Crippen molar-refractivity contribution >= 4 is 22.7 Å². The molecule has 0 radical (unpaired) electrons. The number of rotatable bonds is 5. The molecule has 3 aromatic rings. The molecule has 0 atom stereocenters. The van der Waals surface area contributed by atoms with Gasteiger partial charge in [-0.1, -0.05) is 42.5 Å². The van der Waals surface area contributed by atoms with Gasteiger partial charge in [0.25, 0.3) is 0 Å². The average molecular weight is 285 g/mol. The van der Waals surface area contributed by atoms with E-state index >= 15 is 0 Å². The quantitative estimate of drug-likeness (QED) is 0.717. The zero-order valence-electron chi connectivity index (χ0n) is 10.5. The van der Waals surface area contributed by atoms with E-state index in [0.29, 0.717) is 6.04 Å². The smallest absolute Gasteiger partial charge is 0.0767 e. The van der Waals surface area contributed by atoms with Crippen LogP contribution in [0.15, 0.2) is 65.4 Å². The van der Waals surface area contributed by atoms with Crippen LogP contribution in [0.4, 0.5) is 0 Å². The Labute approximate surface area is 121 Å². The molecule has 0 amide bonds. The van der Waals surface area contributed by atoms with Crippen molar-refractivity contribution in [1.82, 2.24) is 5.32 Å². The molecule has 19 heavy (non-hydrogen) atoms. The van der Waals surface area contributed by atoms with Crippen LogP contribution in [0.1, 0.15) is 21.4 Å². The van der Waals surface area contributed by atoms with Crippen molar-refractivity contribution in [1.29, 1.82) is 0 Å². The van der Waals surface area contributed by atoms with E-state index in [1.165, 1.54) is 15.3 Å². The first-order valence-electron chi connectivity index (χ1n) is 6.27. The summed E-state index contributed by atoms with van der Waals surface area (Å²) < 4.78 is 0. The molecule has 0 fully saturated rings. The van der Waals surface area contributed by atoms with Gasteiger partial charge in [-0.25, -0.2) is 0 Å². The molecule has 0 unspecified atom stereocenters. The fourth-order valence-corrected chi connectivity index (χ4v) is 3.78. The molecule has 3 heteroatoms. The molecule has 2 aromatic heterocycles. The van der Waals surface area contributed by atoms with Gasteiger partial charge < -0.3 is 5.32 Å². The Hall–Kier alpha value is -1.42. The van der Waals surface area contributed by atoms with Gasteiger partial charge in [0, 0.05) is 16.3 Å². The van der Waals surface area contributed by atoms with Crippen LogP contribution in [-0.2, 0) is 6.54 Å². The molecule has 1 aromatic carbocycles. The van der Waals surface area contributed by atoms with Gasteiger partial charge in [0.15, 0.2) is 0 Å². The van der Waals surface area contributed by atoms with Gasteiger partial charge in [-0.15, -0.1) is 22.7 Å². The van der Waals surface area contributed by atoms with Gasteiger partial charge in [0.1, 0.15) is 0 Å². The molecule has 1 nitrogen and oxygen atoms in total. The summed E-state index contributed by atoms with van der Waals surface area (Å²) in [6.45, 7) is 0.890. The Bertz CT molecular complexity index is 551. The van der Waals surface area contributed by atoms with Gasteiger partial charge in [-0.2, -0.15) is 0 Å². The Balaban J connectivity index is 1.77. The molecule has 0 aliphatic carbocycles. The van der Waals surface area contributed by atoms with E-state index in [9.17, 15) is 0 Å². The van der Waals surface area contributed by atoms with Crippen LogP contribution >= 0.6 is 22.7 Å². The van der Waals surface area contributed by atoms with Crippen molar-refractivity contribution < 1.29 is 0 Å². The largest absolute Gasteiger partial charge is 0.301 e. The lowest BCUT2D eigenvalue weighted by Gasteiger charge is -2.16. The summed E-state index contributed by atoms with van der Waals surface area (Å²) >= 11 is 3.62. The third-order valence-electron chi connectivity index (χ3n) is 3.01. The zero-order chi connectivity index (χ0) is 12.9. The van der Waals surface area contributed by atoms with Crippen molar-refractivity contribution in [2.45, 2.75) is 12.6 Å². The average Bonchev–Trinajstić information content (AvgIpc) is 3.13. The molecule has 96 valence electrons. The van der Waals surface area contributed by atoms with Crippen LogP contribution in [0.5, 0.6) is 0 Å². The predicted octanol–water partition coefficient (Wildman–Crippen LogP) is 4.69. The molecule has 1 N–H and O–H groups in total. The summed E-state index contributed by atoms with van der Waals surface area (Å²) in [7, 11) is 0. The van der Waals surface area contributed by atoms with E-state index in [1.807, 2.05) is 22.7 Å². The fraction of sp³-hybridized carbons (Fsp3) is 0.125. The highest BCUT2D eigenvalue weighted by atomic mass is 32.1. The molecule has 0 spiro atoms. The van der Waals surface area contributed by atoms with E-state index in [2.05, 4.69) is 70.7 Å². The first kappa shape index (κ1) is 12.6. The summed E-state index contributed by atoms with van der Waals surface area (Å²) in [5.74, 6) is 0. The molecular formula is C16H15NS2. The van der Waals surface area contributed by atoms with Crippen LogP contribution in [0.3, 0.4) is 0 Å². The van der Waals surface area contributed by atoms with Gasteiger partial charge in [0.05, 0.1) is 6.04 Å². The molecule has 0 bridgehead atoms. The number of thiophene rings is 2.